The molecular formula is C18H11N3O5. The Labute approximate surface area is 142 Å². The van der Waals surface area contributed by atoms with E-state index in [-0.39, 0.29) is 21.5 Å². The van der Waals surface area contributed by atoms with Crippen molar-refractivity contribution < 1.29 is 4.74 Å². The monoisotopic (exact) mass is 349 g/mol. The number of H-pyrrole nitrogens is 3. The summed E-state index contributed by atoms with van der Waals surface area (Å²) in [5.41, 5.74) is -0.750. The minimum absolute atomic E-state index is 0.0519. The number of aromatic nitrogens is 3. The molecule has 3 heterocycles. The fourth-order valence-electron chi connectivity index (χ4n) is 3.96. The van der Waals surface area contributed by atoms with Crippen molar-refractivity contribution in [3.05, 3.63) is 59.1 Å². The molecule has 0 aliphatic rings. The van der Waals surface area contributed by atoms with Gasteiger partial charge in [-0.1, -0.05) is 0 Å². The number of nitrogens with one attached hydrogen (secondary N) is 3. The second-order valence-electron chi connectivity index (χ2n) is 6.26. The van der Waals surface area contributed by atoms with Crippen LogP contribution in [0, 0.1) is 6.92 Å². The normalized spacial score (nSPS) is 12.1. The zero-order valence-electron chi connectivity index (χ0n) is 13.7. The van der Waals surface area contributed by atoms with Gasteiger partial charge in [-0.15, -0.1) is 0 Å². The zero-order chi connectivity index (χ0) is 18.3. The third-order valence-electron chi connectivity index (χ3n) is 5.01. The van der Waals surface area contributed by atoms with Gasteiger partial charge in [0.15, 0.2) is 0 Å². The Balaban J connectivity index is 2.32. The molecule has 8 nitrogen and oxygen atoms in total. The SMILES string of the molecule is COc1ccc2[nH]c3c4c(=O)[nH]c(=O)c4c4c(=O)[nH]c(=O)c4c3c2c1C. The van der Waals surface area contributed by atoms with Crippen molar-refractivity contribution in [2.75, 3.05) is 7.11 Å². The maximum absolute atomic E-state index is 12.5. The summed E-state index contributed by atoms with van der Waals surface area (Å²) < 4.78 is 5.35. The summed E-state index contributed by atoms with van der Waals surface area (Å²) in [6.07, 6.45) is 0. The number of aromatic amines is 3. The average Bonchev–Trinajstić information content (AvgIpc) is 3.20. The van der Waals surface area contributed by atoms with Crippen molar-refractivity contribution in [1.29, 1.82) is 0 Å². The molecule has 0 radical (unpaired) electrons. The number of rotatable bonds is 1. The maximum Gasteiger partial charge on any atom is 0.261 e. The Morgan fingerprint density at radius 1 is 0.692 bits per heavy atom. The number of benzene rings is 2. The lowest BCUT2D eigenvalue weighted by Gasteiger charge is -2.05. The molecule has 5 aromatic rings. The number of methoxy groups -OCH3 is 1. The van der Waals surface area contributed by atoms with Gasteiger partial charge in [0, 0.05) is 21.9 Å². The molecule has 0 spiro atoms. The highest BCUT2D eigenvalue weighted by Gasteiger charge is 2.24. The summed E-state index contributed by atoms with van der Waals surface area (Å²) in [4.78, 5) is 57.0. The van der Waals surface area contributed by atoms with Gasteiger partial charge in [0.1, 0.15) is 5.75 Å². The Morgan fingerprint density at radius 2 is 1.23 bits per heavy atom. The first-order valence-electron chi connectivity index (χ1n) is 7.84. The zero-order valence-corrected chi connectivity index (χ0v) is 13.7. The highest BCUT2D eigenvalue weighted by atomic mass is 16.5. The molecule has 0 unspecified atom stereocenters. The lowest BCUT2D eigenvalue weighted by Crippen LogP contribution is -2.08. The fourth-order valence-corrected chi connectivity index (χ4v) is 3.96. The van der Waals surface area contributed by atoms with E-state index >= 15 is 0 Å². The standard InChI is InChI=1S/C18H11N3O5/c1-5-7(26-2)4-3-6-8(5)9-10-11(16(23)20-15(10)22)12-13(14(9)19-6)18(25)21-17(12)24/h3-4,19H,1-2H3,(H,20,22,23)(H,21,24,25). The second-order valence-corrected chi connectivity index (χ2v) is 6.26. The molecule has 0 aliphatic heterocycles. The van der Waals surface area contributed by atoms with Crippen LogP contribution in [0.25, 0.3) is 43.4 Å². The summed E-state index contributed by atoms with van der Waals surface area (Å²) in [5, 5.41) is 1.20. The van der Waals surface area contributed by atoms with E-state index in [2.05, 4.69) is 15.0 Å². The Hall–Kier alpha value is -3.68. The van der Waals surface area contributed by atoms with Crippen LogP contribution < -0.4 is 27.0 Å². The van der Waals surface area contributed by atoms with Crippen molar-refractivity contribution in [2.45, 2.75) is 6.92 Å². The Morgan fingerprint density at radius 3 is 1.85 bits per heavy atom. The van der Waals surface area contributed by atoms with Gasteiger partial charge in [-0.2, -0.15) is 0 Å². The van der Waals surface area contributed by atoms with Crippen molar-refractivity contribution in [3.63, 3.8) is 0 Å². The molecule has 26 heavy (non-hydrogen) atoms. The summed E-state index contributed by atoms with van der Waals surface area (Å²) in [5.74, 6) is 0.609. The van der Waals surface area contributed by atoms with Crippen molar-refractivity contribution in [1.82, 2.24) is 15.0 Å². The van der Waals surface area contributed by atoms with E-state index < -0.39 is 22.2 Å². The molecule has 3 N–H and O–H groups in total. The molecule has 0 saturated carbocycles. The van der Waals surface area contributed by atoms with Gasteiger partial charge in [-0.3, -0.25) is 29.1 Å². The molecule has 0 aliphatic carbocycles. The number of hydrogen-bond acceptors (Lipinski definition) is 5. The summed E-state index contributed by atoms with van der Waals surface area (Å²) >= 11 is 0. The predicted molar refractivity (Wildman–Crippen MR) is 98.3 cm³/mol. The first kappa shape index (κ1) is 14.6. The van der Waals surface area contributed by atoms with Crippen LogP contribution in [0.15, 0.2) is 31.3 Å². The van der Waals surface area contributed by atoms with E-state index in [0.29, 0.717) is 27.6 Å². The number of ether oxygens (including phenoxy) is 1. The summed E-state index contributed by atoms with van der Waals surface area (Å²) in [7, 11) is 1.54. The second kappa shape index (κ2) is 4.48. The molecule has 5 rings (SSSR count). The Bertz CT molecular complexity index is 1610. The molecule has 128 valence electrons. The highest BCUT2D eigenvalue weighted by Crippen LogP contribution is 2.38. The van der Waals surface area contributed by atoms with E-state index in [1.54, 1.807) is 12.1 Å². The third kappa shape index (κ3) is 1.49. The van der Waals surface area contributed by atoms with Crippen molar-refractivity contribution in [3.8, 4) is 5.75 Å². The molecule has 0 fully saturated rings. The number of aryl methyl sites for hydroxylation is 1. The first-order valence-corrected chi connectivity index (χ1v) is 7.84. The van der Waals surface area contributed by atoms with E-state index in [1.165, 1.54) is 7.11 Å². The van der Waals surface area contributed by atoms with Gasteiger partial charge in [0.25, 0.3) is 22.2 Å². The molecule has 3 aromatic heterocycles. The largest absolute Gasteiger partial charge is 0.496 e. The summed E-state index contributed by atoms with van der Waals surface area (Å²) in [6.45, 7) is 1.83. The van der Waals surface area contributed by atoms with Gasteiger partial charge in [-0.05, 0) is 19.1 Å². The van der Waals surface area contributed by atoms with Crippen LogP contribution in [0.4, 0.5) is 0 Å². The predicted octanol–water partition coefficient (Wildman–Crippen LogP) is 0.917. The quantitative estimate of drug-likeness (QED) is 0.415. The van der Waals surface area contributed by atoms with Crippen LogP contribution in [0.1, 0.15) is 5.56 Å². The van der Waals surface area contributed by atoms with Crippen LogP contribution in [0.5, 0.6) is 5.75 Å². The third-order valence-corrected chi connectivity index (χ3v) is 5.01. The molecule has 8 heteroatoms. The molecule has 2 aromatic carbocycles. The lowest BCUT2D eigenvalue weighted by atomic mass is 10.00. The molecule has 0 atom stereocenters. The van der Waals surface area contributed by atoms with E-state index in [4.69, 9.17) is 4.74 Å². The van der Waals surface area contributed by atoms with E-state index in [1.807, 2.05) is 6.92 Å². The molecule has 0 amide bonds. The van der Waals surface area contributed by atoms with Gasteiger partial charge >= 0.3 is 0 Å². The summed E-state index contributed by atoms with van der Waals surface area (Å²) in [6, 6.07) is 3.53. The average molecular weight is 349 g/mol. The van der Waals surface area contributed by atoms with Crippen LogP contribution in [0.3, 0.4) is 0 Å². The topological polar surface area (TPSA) is 125 Å². The van der Waals surface area contributed by atoms with Crippen molar-refractivity contribution >= 4 is 43.4 Å². The highest BCUT2D eigenvalue weighted by molar-refractivity contribution is 6.31. The maximum atomic E-state index is 12.5. The molecule has 0 bridgehead atoms. The van der Waals surface area contributed by atoms with E-state index in [9.17, 15) is 19.2 Å². The van der Waals surface area contributed by atoms with Crippen LogP contribution in [-0.2, 0) is 0 Å². The molecule has 0 saturated heterocycles. The number of hydrogen-bond donors (Lipinski definition) is 3. The van der Waals surface area contributed by atoms with E-state index in [0.717, 1.165) is 5.56 Å². The number of fused-ring (bicyclic) bond motifs is 8. The van der Waals surface area contributed by atoms with Gasteiger partial charge in [0.05, 0.1) is 34.2 Å². The smallest absolute Gasteiger partial charge is 0.261 e. The minimum Gasteiger partial charge on any atom is -0.496 e. The minimum atomic E-state index is -0.680. The fraction of sp³-hybridized carbons (Fsp3) is 0.111. The van der Waals surface area contributed by atoms with Gasteiger partial charge < -0.3 is 9.72 Å². The lowest BCUT2D eigenvalue weighted by molar-refractivity contribution is 0.412. The molecular weight excluding hydrogens is 338 g/mol. The van der Waals surface area contributed by atoms with Crippen molar-refractivity contribution in [2.24, 2.45) is 0 Å². The van der Waals surface area contributed by atoms with Crippen LogP contribution in [0.2, 0.25) is 0 Å². The van der Waals surface area contributed by atoms with Crippen LogP contribution >= 0.6 is 0 Å². The van der Waals surface area contributed by atoms with Gasteiger partial charge in [-0.25, -0.2) is 0 Å². The first-order chi connectivity index (χ1) is 12.4. The Kier molecular flexibility index (Phi) is 2.52. The van der Waals surface area contributed by atoms with Gasteiger partial charge in [0.2, 0.25) is 0 Å². The van der Waals surface area contributed by atoms with Crippen LogP contribution in [-0.4, -0.2) is 22.1 Å².